The van der Waals surface area contributed by atoms with E-state index in [2.05, 4.69) is 15.3 Å². The summed E-state index contributed by atoms with van der Waals surface area (Å²) in [5.74, 6) is -0.0995. The van der Waals surface area contributed by atoms with E-state index in [-0.39, 0.29) is 23.7 Å². The number of esters is 1. The Balaban J connectivity index is 1.66. The molecular formula is C19H15F3N4O3. The van der Waals surface area contributed by atoms with Gasteiger partial charge in [0.15, 0.2) is 5.58 Å². The van der Waals surface area contributed by atoms with Crippen molar-refractivity contribution in [3.05, 3.63) is 47.5 Å². The van der Waals surface area contributed by atoms with Crippen molar-refractivity contribution in [1.82, 2.24) is 14.5 Å². The van der Waals surface area contributed by atoms with Crippen LogP contribution in [-0.2, 0) is 18.0 Å². The number of imidazole rings is 1. The molecule has 2 heterocycles. The zero-order chi connectivity index (χ0) is 20.8. The summed E-state index contributed by atoms with van der Waals surface area (Å²) in [5, 5.41) is 2.86. The maximum absolute atomic E-state index is 12.9. The van der Waals surface area contributed by atoms with Gasteiger partial charge >= 0.3 is 18.2 Å². The first-order chi connectivity index (χ1) is 13.8. The molecule has 1 N–H and O–H groups in total. The van der Waals surface area contributed by atoms with Gasteiger partial charge in [-0.15, -0.1) is 0 Å². The summed E-state index contributed by atoms with van der Waals surface area (Å²) in [6.07, 6.45) is -4.46. The number of anilines is 2. The van der Waals surface area contributed by atoms with Crippen LogP contribution in [-0.4, -0.2) is 27.1 Å². The molecule has 0 unspecified atom stereocenters. The molecule has 4 rings (SSSR count). The fourth-order valence-electron chi connectivity index (χ4n) is 2.91. The summed E-state index contributed by atoms with van der Waals surface area (Å²) in [6.45, 7) is 1.98. The van der Waals surface area contributed by atoms with Crippen LogP contribution in [0.3, 0.4) is 0 Å². The Morgan fingerprint density at radius 3 is 2.69 bits per heavy atom. The zero-order valence-electron chi connectivity index (χ0n) is 15.4. The Morgan fingerprint density at radius 1 is 1.17 bits per heavy atom. The SMILES string of the molecule is CCOC(=O)c1ccc2c(c1)nc(Nc1nc3cc(C(F)(F)F)ccc3o1)n2C. The fraction of sp³-hybridized carbons (Fsp3) is 0.211. The average Bonchev–Trinajstić information content (AvgIpc) is 3.21. The number of hydrogen-bond acceptors (Lipinski definition) is 6. The Labute approximate surface area is 162 Å². The number of nitrogens with zero attached hydrogens (tertiary/aromatic N) is 3. The first-order valence-corrected chi connectivity index (χ1v) is 8.64. The zero-order valence-corrected chi connectivity index (χ0v) is 15.4. The quantitative estimate of drug-likeness (QED) is 0.499. The van der Waals surface area contributed by atoms with Crippen LogP contribution in [0.1, 0.15) is 22.8 Å². The van der Waals surface area contributed by atoms with Crippen molar-refractivity contribution in [3.8, 4) is 0 Å². The Hall–Kier alpha value is -3.56. The molecule has 4 aromatic rings. The number of aryl methyl sites for hydroxylation is 1. The molecule has 0 bridgehead atoms. The third-order valence-electron chi connectivity index (χ3n) is 4.33. The lowest BCUT2D eigenvalue weighted by atomic mass is 10.2. The number of halogens is 3. The maximum Gasteiger partial charge on any atom is 0.416 e. The first-order valence-electron chi connectivity index (χ1n) is 8.64. The van der Waals surface area contributed by atoms with Crippen LogP contribution in [0.4, 0.5) is 25.1 Å². The Morgan fingerprint density at radius 2 is 1.97 bits per heavy atom. The van der Waals surface area contributed by atoms with Gasteiger partial charge in [0.25, 0.3) is 0 Å². The number of oxazole rings is 1. The van der Waals surface area contributed by atoms with Crippen LogP contribution in [0, 0.1) is 0 Å². The number of rotatable bonds is 4. The minimum Gasteiger partial charge on any atom is -0.462 e. The highest BCUT2D eigenvalue weighted by Crippen LogP contribution is 2.32. The van der Waals surface area contributed by atoms with E-state index in [1.54, 1.807) is 36.7 Å². The van der Waals surface area contributed by atoms with E-state index in [1.165, 1.54) is 6.07 Å². The van der Waals surface area contributed by atoms with Gasteiger partial charge < -0.3 is 13.7 Å². The predicted octanol–water partition coefficient (Wildman–Crippen LogP) is 4.65. The molecule has 0 saturated carbocycles. The maximum atomic E-state index is 12.9. The third kappa shape index (κ3) is 3.48. The predicted molar refractivity (Wildman–Crippen MR) is 99.0 cm³/mol. The van der Waals surface area contributed by atoms with E-state index < -0.39 is 17.7 Å². The summed E-state index contributed by atoms with van der Waals surface area (Å²) < 4.78 is 50.7. The summed E-state index contributed by atoms with van der Waals surface area (Å²) in [6, 6.07) is 8.03. The van der Waals surface area contributed by atoms with E-state index in [4.69, 9.17) is 9.15 Å². The van der Waals surface area contributed by atoms with E-state index in [0.29, 0.717) is 17.0 Å². The highest BCUT2D eigenvalue weighted by Gasteiger charge is 2.31. The molecule has 2 aromatic heterocycles. The second kappa shape index (κ2) is 6.80. The largest absolute Gasteiger partial charge is 0.462 e. The molecule has 0 spiro atoms. The van der Waals surface area contributed by atoms with Gasteiger partial charge in [0.2, 0.25) is 5.95 Å². The Kier molecular flexibility index (Phi) is 4.40. The number of carbonyl (C=O) groups is 1. The first kappa shape index (κ1) is 18.8. The molecule has 0 fully saturated rings. The van der Waals surface area contributed by atoms with Crippen LogP contribution in [0.25, 0.3) is 22.1 Å². The molecule has 7 nitrogen and oxygen atoms in total. The number of hydrogen-bond donors (Lipinski definition) is 1. The number of benzene rings is 2. The highest BCUT2D eigenvalue weighted by molar-refractivity contribution is 5.94. The molecule has 2 aromatic carbocycles. The van der Waals surface area contributed by atoms with Gasteiger partial charge in [-0.3, -0.25) is 5.32 Å². The van der Waals surface area contributed by atoms with Crippen molar-refractivity contribution in [2.75, 3.05) is 11.9 Å². The van der Waals surface area contributed by atoms with Crippen molar-refractivity contribution in [1.29, 1.82) is 0 Å². The van der Waals surface area contributed by atoms with Crippen LogP contribution in [0.5, 0.6) is 0 Å². The number of alkyl halides is 3. The fourth-order valence-corrected chi connectivity index (χ4v) is 2.91. The molecular weight excluding hydrogens is 389 g/mol. The van der Waals surface area contributed by atoms with E-state index in [1.807, 2.05) is 0 Å². The monoisotopic (exact) mass is 404 g/mol. The van der Waals surface area contributed by atoms with Gasteiger partial charge in [-0.2, -0.15) is 18.2 Å². The van der Waals surface area contributed by atoms with Crippen LogP contribution < -0.4 is 5.32 Å². The molecule has 0 amide bonds. The lowest BCUT2D eigenvalue weighted by Gasteiger charge is -2.04. The van der Waals surface area contributed by atoms with Crippen LogP contribution in [0.2, 0.25) is 0 Å². The van der Waals surface area contributed by atoms with Crippen LogP contribution >= 0.6 is 0 Å². The highest BCUT2D eigenvalue weighted by atomic mass is 19.4. The number of aromatic nitrogens is 3. The lowest BCUT2D eigenvalue weighted by Crippen LogP contribution is -2.04. The van der Waals surface area contributed by atoms with Crippen molar-refractivity contribution >= 4 is 40.1 Å². The molecule has 0 radical (unpaired) electrons. The number of carbonyl (C=O) groups excluding carboxylic acids is 1. The van der Waals surface area contributed by atoms with E-state index in [0.717, 1.165) is 17.6 Å². The molecule has 0 saturated heterocycles. The van der Waals surface area contributed by atoms with Crippen molar-refractivity contribution < 1.29 is 27.1 Å². The summed E-state index contributed by atoms with van der Waals surface area (Å²) in [5.41, 5.74) is 1.12. The second-order valence-corrected chi connectivity index (χ2v) is 6.24. The van der Waals surface area contributed by atoms with E-state index in [9.17, 15) is 18.0 Å². The molecule has 29 heavy (non-hydrogen) atoms. The smallest absolute Gasteiger partial charge is 0.416 e. The van der Waals surface area contributed by atoms with Crippen molar-refractivity contribution in [3.63, 3.8) is 0 Å². The number of ether oxygens (including phenoxy) is 1. The standard InChI is InChI=1S/C19H15F3N4O3/c1-3-28-16(27)10-4-6-14-12(8-10)23-17(26(14)2)25-18-24-13-9-11(19(20,21)22)5-7-15(13)29-18/h4-9H,3H2,1-2H3,(H,23,24,25). The topological polar surface area (TPSA) is 82.2 Å². The molecule has 0 aliphatic heterocycles. The molecule has 10 heteroatoms. The minimum absolute atomic E-state index is 0.00310. The lowest BCUT2D eigenvalue weighted by molar-refractivity contribution is -0.137. The Bertz CT molecular complexity index is 1230. The van der Waals surface area contributed by atoms with E-state index >= 15 is 0 Å². The van der Waals surface area contributed by atoms with Gasteiger partial charge in [0.1, 0.15) is 5.52 Å². The summed E-state index contributed by atoms with van der Waals surface area (Å²) >= 11 is 0. The molecule has 0 aliphatic rings. The molecule has 150 valence electrons. The normalized spacial score (nSPS) is 11.9. The van der Waals surface area contributed by atoms with Gasteiger partial charge in [-0.1, -0.05) is 0 Å². The summed E-state index contributed by atoms with van der Waals surface area (Å²) in [4.78, 5) is 20.4. The minimum atomic E-state index is -4.46. The van der Waals surface area contributed by atoms with Gasteiger partial charge in [0.05, 0.1) is 28.8 Å². The molecule has 0 aliphatic carbocycles. The average molecular weight is 404 g/mol. The third-order valence-corrected chi connectivity index (χ3v) is 4.33. The summed E-state index contributed by atoms with van der Waals surface area (Å²) in [7, 11) is 1.74. The second-order valence-electron chi connectivity index (χ2n) is 6.24. The molecule has 0 atom stereocenters. The van der Waals surface area contributed by atoms with Gasteiger partial charge in [-0.05, 0) is 43.3 Å². The number of nitrogens with one attached hydrogen (secondary N) is 1. The van der Waals surface area contributed by atoms with Gasteiger partial charge in [-0.25, -0.2) is 9.78 Å². The van der Waals surface area contributed by atoms with Gasteiger partial charge in [0, 0.05) is 7.05 Å². The van der Waals surface area contributed by atoms with Crippen molar-refractivity contribution in [2.24, 2.45) is 7.05 Å². The number of fused-ring (bicyclic) bond motifs is 2. The van der Waals surface area contributed by atoms with Crippen molar-refractivity contribution in [2.45, 2.75) is 13.1 Å². The van der Waals surface area contributed by atoms with Crippen LogP contribution in [0.15, 0.2) is 40.8 Å².